The zero-order valence-electron chi connectivity index (χ0n) is 35.9. The third-order valence-electron chi connectivity index (χ3n) is 10.1. The molecule has 54 heavy (non-hydrogen) atoms. The van der Waals surface area contributed by atoms with Crippen LogP contribution < -0.4 is 5.11 Å². The van der Waals surface area contributed by atoms with Crippen LogP contribution in [0.5, 0.6) is 0 Å². The number of carboxylic acid groups (broad SMARTS) is 1. The van der Waals surface area contributed by atoms with Gasteiger partial charge in [0.2, 0.25) is 0 Å². The molecule has 0 saturated carbocycles. The molecule has 0 aliphatic heterocycles. The quantitative estimate of drug-likeness (QED) is 0.0265. The van der Waals surface area contributed by atoms with Crippen LogP contribution in [-0.2, 0) is 28.6 Å². The van der Waals surface area contributed by atoms with Crippen LogP contribution in [0.3, 0.4) is 0 Å². The number of ether oxygens (including phenoxy) is 3. The van der Waals surface area contributed by atoms with Crippen LogP contribution in [0.4, 0.5) is 0 Å². The second-order valence-electron chi connectivity index (χ2n) is 16.3. The van der Waals surface area contributed by atoms with E-state index in [0.717, 1.165) is 32.1 Å². The summed E-state index contributed by atoms with van der Waals surface area (Å²) in [7, 11) is 5.39. The van der Waals surface area contributed by atoms with Crippen molar-refractivity contribution in [1.82, 2.24) is 0 Å². The maximum atomic E-state index is 12.7. The lowest BCUT2D eigenvalue weighted by molar-refractivity contribution is -0.889. The number of allylic oxidation sites excluding steroid dienone is 4. The Hall–Kier alpha value is -2.19. The molecule has 316 valence electrons. The van der Waals surface area contributed by atoms with Crippen LogP contribution in [0.2, 0.25) is 0 Å². The number of quaternary nitrogens is 1. The average Bonchev–Trinajstić information content (AvgIpc) is 3.12. The number of carbonyl (C=O) groups excluding carboxylic acids is 3. The Labute approximate surface area is 332 Å². The molecule has 2 atom stereocenters. The van der Waals surface area contributed by atoms with Crippen molar-refractivity contribution in [3.8, 4) is 0 Å². The van der Waals surface area contributed by atoms with E-state index in [1.807, 2.05) is 12.2 Å². The van der Waals surface area contributed by atoms with Crippen molar-refractivity contribution in [3.63, 3.8) is 0 Å². The molecule has 8 nitrogen and oxygen atoms in total. The van der Waals surface area contributed by atoms with Gasteiger partial charge in [-0.1, -0.05) is 179 Å². The Morgan fingerprint density at radius 2 is 1.04 bits per heavy atom. The standard InChI is InChI=1S/C46H85NO7/c1-6-8-10-12-14-15-16-17-18-19-20-21-22-23-24-25-26-27-28-29-31-33-35-37-45(49)54-42(40-52-39-38-43(46(50)51)47(3,4)5)41-53-44(48)36-34-32-30-13-11-9-7-2/h9,11,30,32,42-43H,6-8,10,12-29,31,33-41H2,1-5H3/b11-9+,32-30+. The molecule has 0 N–H and O–H groups in total. The topological polar surface area (TPSA) is 102 Å². The lowest BCUT2D eigenvalue weighted by Gasteiger charge is -2.34. The van der Waals surface area contributed by atoms with Gasteiger partial charge in [0.1, 0.15) is 12.6 Å². The molecule has 0 radical (unpaired) electrons. The monoisotopic (exact) mass is 764 g/mol. The van der Waals surface area contributed by atoms with Crippen LogP contribution in [0, 0.1) is 0 Å². The number of rotatable bonds is 40. The maximum absolute atomic E-state index is 12.7. The summed E-state index contributed by atoms with van der Waals surface area (Å²) in [6, 6.07) is -0.729. The first kappa shape index (κ1) is 51.8. The van der Waals surface area contributed by atoms with E-state index in [-0.39, 0.29) is 49.1 Å². The second-order valence-corrected chi connectivity index (χ2v) is 16.3. The lowest BCUT2D eigenvalue weighted by Crippen LogP contribution is -2.55. The lowest BCUT2D eigenvalue weighted by atomic mass is 10.0. The summed E-state index contributed by atoms with van der Waals surface area (Å²) >= 11 is 0. The van der Waals surface area contributed by atoms with Crippen molar-refractivity contribution in [3.05, 3.63) is 24.3 Å². The molecule has 0 heterocycles. The number of unbranched alkanes of at least 4 members (excludes halogenated alkanes) is 22. The van der Waals surface area contributed by atoms with Gasteiger partial charge in [0, 0.05) is 19.3 Å². The van der Waals surface area contributed by atoms with Crippen molar-refractivity contribution in [2.45, 2.75) is 212 Å². The van der Waals surface area contributed by atoms with Crippen molar-refractivity contribution in [2.75, 3.05) is 41.0 Å². The number of aliphatic carboxylic acids is 1. The predicted octanol–water partition coefficient (Wildman–Crippen LogP) is 10.7. The van der Waals surface area contributed by atoms with Gasteiger partial charge in [-0.3, -0.25) is 9.59 Å². The van der Waals surface area contributed by atoms with Gasteiger partial charge < -0.3 is 28.6 Å². The smallest absolute Gasteiger partial charge is 0.306 e. The van der Waals surface area contributed by atoms with Gasteiger partial charge in [0.05, 0.1) is 40.3 Å². The van der Waals surface area contributed by atoms with Gasteiger partial charge in [-0.25, -0.2) is 0 Å². The van der Waals surface area contributed by atoms with Gasteiger partial charge in [-0.05, 0) is 25.7 Å². The van der Waals surface area contributed by atoms with E-state index in [1.54, 1.807) is 21.1 Å². The Morgan fingerprint density at radius 1 is 0.574 bits per heavy atom. The molecule has 0 saturated heterocycles. The number of carbonyl (C=O) groups is 3. The highest BCUT2D eigenvalue weighted by Crippen LogP contribution is 2.16. The van der Waals surface area contributed by atoms with E-state index in [1.165, 1.54) is 128 Å². The van der Waals surface area contributed by atoms with E-state index < -0.39 is 18.1 Å². The number of hydrogen-bond donors (Lipinski definition) is 0. The Morgan fingerprint density at radius 3 is 1.48 bits per heavy atom. The predicted molar refractivity (Wildman–Crippen MR) is 222 cm³/mol. The van der Waals surface area contributed by atoms with Crippen LogP contribution >= 0.6 is 0 Å². The zero-order valence-corrected chi connectivity index (χ0v) is 35.9. The molecular weight excluding hydrogens is 679 g/mol. The van der Waals surface area contributed by atoms with Crippen LogP contribution in [-0.4, -0.2) is 75.5 Å². The van der Waals surface area contributed by atoms with Crippen LogP contribution in [0.15, 0.2) is 24.3 Å². The number of carboxylic acids is 1. The minimum Gasteiger partial charge on any atom is -0.544 e. The number of esters is 2. The van der Waals surface area contributed by atoms with Crippen molar-refractivity contribution in [2.24, 2.45) is 0 Å². The molecule has 0 aromatic carbocycles. The molecule has 8 heteroatoms. The maximum Gasteiger partial charge on any atom is 0.306 e. The van der Waals surface area contributed by atoms with Gasteiger partial charge in [-0.2, -0.15) is 0 Å². The molecule has 0 rings (SSSR count). The molecule has 0 aromatic rings. The first-order valence-corrected chi connectivity index (χ1v) is 22.4. The molecule has 0 spiro atoms. The summed E-state index contributed by atoms with van der Waals surface area (Å²) in [6.07, 6.45) is 41.2. The SMILES string of the molecule is CC/C=C/C/C=C/CCC(=O)OCC(COCCC(C(=O)[O-])[N+](C)(C)C)OC(=O)CCCCCCCCCCCCCCCCCCCCCCCCC. The number of hydrogen-bond acceptors (Lipinski definition) is 7. The van der Waals surface area contributed by atoms with Crippen LogP contribution in [0.1, 0.15) is 200 Å². The summed E-state index contributed by atoms with van der Waals surface area (Å²) < 4.78 is 17.0. The van der Waals surface area contributed by atoms with E-state index >= 15 is 0 Å². The van der Waals surface area contributed by atoms with Gasteiger partial charge >= 0.3 is 11.9 Å². The van der Waals surface area contributed by atoms with E-state index in [4.69, 9.17) is 14.2 Å². The summed E-state index contributed by atoms with van der Waals surface area (Å²) in [5.74, 6) is -1.82. The van der Waals surface area contributed by atoms with Gasteiger partial charge in [-0.15, -0.1) is 0 Å². The van der Waals surface area contributed by atoms with E-state index in [2.05, 4.69) is 26.0 Å². The Kier molecular flexibility index (Phi) is 36.2. The molecule has 0 bridgehead atoms. The average molecular weight is 764 g/mol. The van der Waals surface area contributed by atoms with E-state index in [9.17, 15) is 19.5 Å². The Balaban J connectivity index is 4.10. The molecule has 0 aliphatic carbocycles. The first-order valence-electron chi connectivity index (χ1n) is 22.4. The van der Waals surface area contributed by atoms with Gasteiger partial charge in [0.15, 0.2) is 6.10 Å². The fourth-order valence-electron chi connectivity index (χ4n) is 6.66. The summed E-state index contributed by atoms with van der Waals surface area (Å²) in [4.78, 5) is 36.6. The van der Waals surface area contributed by atoms with Crippen LogP contribution in [0.25, 0.3) is 0 Å². The van der Waals surface area contributed by atoms with Crippen molar-refractivity contribution < 1.29 is 38.2 Å². The summed E-state index contributed by atoms with van der Waals surface area (Å²) in [5, 5.41) is 11.6. The van der Waals surface area contributed by atoms with E-state index in [0.29, 0.717) is 12.8 Å². The van der Waals surface area contributed by atoms with Crippen molar-refractivity contribution in [1.29, 1.82) is 0 Å². The number of nitrogens with zero attached hydrogens (tertiary/aromatic N) is 1. The molecule has 0 fully saturated rings. The minimum absolute atomic E-state index is 0.0268. The Bertz CT molecular complexity index is 942. The number of likely N-dealkylation sites (N-methyl/N-ethyl adjacent to an activating group) is 1. The first-order chi connectivity index (χ1) is 26.1. The fraction of sp³-hybridized carbons (Fsp3) is 0.848. The molecule has 0 amide bonds. The molecule has 2 unspecified atom stereocenters. The highest BCUT2D eigenvalue weighted by atomic mass is 16.6. The second kappa shape index (κ2) is 37.7. The normalized spacial score (nSPS) is 13.1. The molecule has 0 aromatic heterocycles. The molecule has 0 aliphatic rings. The summed E-state index contributed by atoms with van der Waals surface area (Å²) in [6.45, 7) is 4.47. The summed E-state index contributed by atoms with van der Waals surface area (Å²) in [5.41, 5.74) is 0. The highest BCUT2D eigenvalue weighted by Gasteiger charge is 2.25. The third-order valence-corrected chi connectivity index (χ3v) is 10.1. The third kappa shape index (κ3) is 35.5. The largest absolute Gasteiger partial charge is 0.544 e. The minimum atomic E-state index is -1.13. The fourth-order valence-corrected chi connectivity index (χ4v) is 6.66. The zero-order chi connectivity index (χ0) is 40.0. The van der Waals surface area contributed by atoms with Crippen molar-refractivity contribution >= 4 is 17.9 Å². The van der Waals surface area contributed by atoms with Gasteiger partial charge in [0.25, 0.3) is 0 Å². The molecular formula is C46H85NO7. The highest BCUT2D eigenvalue weighted by molar-refractivity contribution is 5.70.